The molecule has 1 unspecified atom stereocenters. The molecule has 0 amide bonds. The van der Waals surface area contributed by atoms with Gasteiger partial charge >= 0.3 is 6.18 Å². The van der Waals surface area contributed by atoms with Crippen molar-refractivity contribution in [2.24, 2.45) is 5.73 Å². The van der Waals surface area contributed by atoms with Crippen molar-refractivity contribution >= 4 is 15.9 Å². The van der Waals surface area contributed by atoms with Crippen LogP contribution in [0.4, 0.5) is 17.6 Å². The van der Waals surface area contributed by atoms with Gasteiger partial charge in [0.15, 0.2) is 5.54 Å². The Labute approximate surface area is 121 Å². The SMILES string of the molecule is NC(c1ccc(F)cc1)(c1ccc(Br)cc1)C(F)(F)F. The van der Waals surface area contributed by atoms with Crippen LogP contribution in [0.3, 0.4) is 0 Å². The molecule has 0 heterocycles. The largest absolute Gasteiger partial charge is 0.414 e. The van der Waals surface area contributed by atoms with Crippen molar-refractivity contribution in [2.45, 2.75) is 11.7 Å². The summed E-state index contributed by atoms with van der Waals surface area (Å²) in [4.78, 5) is 0. The van der Waals surface area contributed by atoms with Gasteiger partial charge in [0, 0.05) is 4.47 Å². The second-order valence-corrected chi connectivity index (χ2v) is 5.24. The summed E-state index contributed by atoms with van der Waals surface area (Å²) in [5, 5.41) is 0. The van der Waals surface area contributed by atoms with Gasteiger partial charge in [-0.25, -0.2) is 4.39 Å². The van der Waals surface area contributed by atoms with E-state index in [0.717, 1.165) is 24.3 Å². The summed E-state index contributed by atoms with van der Waals surface area (Å²) in [5.74, 6) is -0.617. The number of hydrogen-bond acceptors (Lipinski definition) is 1. The molecule has 2 N–H and O–H groups in total. The van der Waals surface area contributed by atoms with E-state index in [4.69, 9.17) is 5.73 Å². The average molecular weight is 348 g/mol. The van der Waals surface area contributed by atoms with Gasteiger partial charge < -0.3 is 5.73 Å². The Morgan fingerprint density at radius 3 is 1.60 bits per heavy atom. The number of benzene rings is 2. The molecule has 0 saturated heterocycles. The molecule has 20 heavy (non-hydrogen) atoms. The van der Waals surface area contributed by atoms with Crippen LogP contribution in [0.25, 0.3) is 0 Å². The first-order chi connectivity index (χ1) is 9.25. The monoisotopic (exact) mass is 347 g/mol. The van der Waals surface area contributed by atoms with Crippen LogP contribution in [0.5, 0.6) is 0 Å². The van der Waals surface area contributed by atoms with Gasteiger partial charge in [-0.2, -0.15) is 13.2 Å². The Bertz CT molecular complexity index is 545. The van der Waals surface area contributed by atoms with Crippen molar-refractivity contribution in [2.75, 3.05) is 0 Å². The van der Waals surface area contributed by atoms with Gasteiger partial charge in [-0.15, -0.1) is 0 Å². The van der Waals surface area contributed by atoms with Crippen LogP contribution >= 0.6 is 15.9 Å². The molecular formula is C14H10BrF4N. The van der Waals surface area contributed by atoms with Crippen LogP contribution < -0.4 is 5.73 Å². The molecule has 0 aliphatic rings. The lowest BCUT2D eigenvalue weighted by Crippen LogP contribution is -2.51. The number of hydrogen-bond donors (Lipinski definition) is 1. The topological polar surface area (TPSA) is 26.0 Å². The van der Waals surface area contributed by atoms with E-state index in [1.807, 2.05) is 0 Å². The molecule has 106 valence electrons. The Balaban J connectivity index is 2.62. The van der Waals surface area contributed by atoms with E-state index in [0.29, 0.717) is 4.47 Å². The van der Waals surface area contributed by atoms with Gasteiger partial charge in [-0.3, -0.25) is 0 Å². The zero-order chi connectivity index (χ0) is 15.0. The molecule has 0 spiro atoms. The first-order valence-corrected chi connectivity index (χ1v) is 6.42. The molecule has 0 fully saturated rings. The summed E-state index contributed by atoms with van der Waals surface area (Å²) >= 11 is 3.16. The standard InChI is InChI=1S/C14H10BrF4N/c15-11-5-1-9(2-6-11)13(20,14(17,18)19)10-3-7-12(16)8-4-10/h1-8H,20H2. The summed E-state index contributed by atoms with van der Waals surface area (Å²) < 4.78 is 53.9. The smallest absolute Gasteiger partial charge is 0.310 e. The lowest BCUT2D eigenvalue weighted by molar-refractivity contribution is -0.176. The number of alkyl halides is 3. The summed E-state index contributed by atoms with van der Waals surface area (Å²) in [6.45, 7) is 0. The van der Waals surface area contributed by atoms with Gasteiger partial charge in [0.2, 0.25) is 0 Å². The van der Waals surface area contributed by atoms with Crippen LogP contribution in [-0.2, 0) is 5.54 Å². The number of nitrogens with two attached hydrogens (primary N) is 1. The minimum Gasteiger partial charge on any atom is -0.310 e. The summed E-state index contributed by atoms with van der Waals surface area (Å²) in [7, 11) is 0. The Morgan fingerprint density at radius 2 is 1.20 bits per heavy atom. The predicted molar refractivity (Wildman–Crippen MR) is 71.6 cm³/mol. The lowest BCUT2D eigenvalue weighted by atomic mass is 9.83. The van der Waals surface area contributed by atoms with E-state index < -0.39 is 17.5 Å². The second-order valence-electron chi connectivity index (χ2n) is 4.32. The van der Waals surface area contributed by atoms with Crippen LogP contribution in [0.1, 0.15) is 11.1 Å². The van der Waals surface area contributed by atoms with Crippen molar-refractivity contribution in [1.29, 1.82) is 0 Å². The van der Waals surface area contributed by atoms with Gasteiger partial charge in [0.25, 0.3) is 0 Å². The predicted octanol–water partition coefficient (Wildman–Crippen LogP) is 4.35. The third-order valence-electron chi connectivity index (χ3n) is 3.05. The maximum atomic E-state index is 13.4. The quantitative estimate of drug-likeness (QED) is 0.803. The summed E-state index contributed by atoms with van der Waals surface area (Å²) in [6, 6.07) is 9.55. The van der Waals surface area contributed by atoms with Gasteiger partial charge in [-0.05, 0) is 35.4 Å². The minimum absolute atomic E-state index is 0.111. The summed E-state index contributed by atoms with van der Waals surface area (Å²) in [6.07, 6.45) is -4.71. The molecule has 2 rings (SSSR count). The van der Waals surface area contributed by atoms with E-state index in [9.17, 15) is 17.6 Å². The van der Waals surface area contributed by atoms with E-state index >= 15 is 0 Å². The van der Waals surface area contributed by atoms with Gasteiger partial charge in [0.1, 0.15) is 5.82 Å². The highest BCUT2D eigenvalue weighted by molar-refractivity contribution is 9.10. The fourth-order valence-corrected chi connectivity index (χ4v) is 2.18. The number of rotatable bonds is 2. The van der Waals surface area contributed by atoms with Crippen molar-refractivity contribution in [3.05, 3.63) is 69.9 Å². The number of halogens is 5. The highest BCUT2D eigenvalue weighted by atomic mass is 79.9. The Kier molecular flexibility index (Phi) is 3.88. The third-order valence-corrected chi connectivity index (χ3v) is 3.57. The van der Waals surface area contributed by atoms with E-state index in [1.54, 1.807) is 0 Å². The van der Waals surface area contributed by atoms with Crippen LogP contribution in [0.15, 0.2) is 53.0 Å². The van der Waals surface area contributed by atoms with Crippen LogP contribution in [-0.4, -0.2) is 6.18 Å². The van der Waals surface area contributed by atoms with E-state index in [-0.39, 0.29) is 11.1 Å². The molecule has 0 bridgehead atoms. The molecule has 0 aromatic heterocycles. The molecule has 2 aromatic carbocycles. The third kappa shape index (κ3) is 2.58. The average Bonchev–Trinajstić information content (AvgIpc) is 2.38. The van der Waals surface area contributed by atoms with Crippen molar-refractivity contribution in [3.8, 4) is 0 Å². The highest BCUT2D eigenvalue weighted by Crippen LogP contribution is 2.42. The fourth-order valence-electron chi connectivity index (χ4n) is 1.92. The molecule has 1 nitrogen and oxygen atoms in total. The first kappa shape index (κ1) is 15.0. The van der Waals surface area contributed by atoms with Gasteiger partial charge in [0.05, 0.1) is 0 Å². The zero-order valence-electron chi connectivity index (χ0n) is 10.1. The zero-order valence-corrected chi connectivity index (χ0v) is 11.7. The minimum atomic E-state index is -4.71. The maximum absolute atomic E-state index is 13.4. The lowest BCUT2D eigenvalue weighted by Gasteiger charge is -2.33. The Morgan fingerprint density at radius 1 is 0.800 bits per heavy atom. The van der Waals surface area contributed by atoms with E-state index in [2.05, 4.69) is 15.9 Å². The normalized spacial score (nSPS) is 14.9. The fraction of sp³-hybridized carbons (Fsp3) is 0.143. The van der Waals surface area contributed by atoms with E-state index in [1.165, 1.54) is 24.3 Å². The van der Waals surface area contributed by atoms with Crippen LogP contribution in [0, 0.1) is 5.82 Å². The molecule has 0 saturated carbocycles. The highest BCUT2D eigenvalue weighted by Gasteiger charge is 2.54. The summed E-state index contributed by atoms with van der Waals surface area (Å²) in [5.41, 5.74) is 2.65. The molecule has 6 heteroatoms. The van der Waals surface area contributed by atoms with Crippen molar-refractivity contribution < 1.29 is 17.6 Å². The first-order valence-electron chi connectivity index (χ1n) is 5.63. The van der Waals surface area contributed by atoms with Crippen molar-refractivity contribution in [3.63, 3.8) is 0 Å². The molecule has 0 radical (unpaired) electrons. The molecule has 0 aliphatic carbocycles. The van der Waals surface area contributed by atoms with Crippen molar-refractivity contribution in [1.82, 2.24) is 0 Å². The van der Waals surface area contributed by atoms with Crippen LogP contribution in [0.2, 0.25) is 0 Å². The maximum Gasteiger partial charge on any atom is 0.414 e. The molecule has 2 aromatic rings. The second kappa shape index (κ2) is 5.18. The molecular weight excluding hydrogens is 338 g/mol. The van der Waals surface area contributed by atoms with Gasteiger partial charge in [-0.1, -0.05) is 40.2 Å². The molecule has 1 atom stereocenters. The molecule has 0 aliphatic heterocycles. The Hall–Kier alpha value is -1.40.